The maximum atomic E-state index is 14.1. The number of halogens is 2. The molecule has 0 aliphatic heterocycles. The summed E-state index contributed by atoms with van der Waals surface area (Å²) in [6.07, 6.45) is 2.73. The largest absolute Gasteiger partial charge is 0.326 e. The van der Waals surface area contributed by atoms with Crippen LogP contribution in [-0.4, -0.2) is 25.8 Å². The minimum absolute atomic E-state index is 0.0108. The Morgan fingerprint density at radius 1 is 1.20 bits per heavy atom. The van der Waals surface area contributed by atoms with Gasteiger partial charge in [0.2, 0.25) is 10.0 Å². The van der Waals surface area contributed by atoms with Gasteiger partial charge in [0, 0.05) is 25.2 Å². The minimum Gasteiger partial charge on any atom is -0.326 e. The van der Waals surface area contributed by atoms with Crippen LogP contribution in [-0.2, 0) is 16.6 Å². The molecule has 0 aliphatic carbocycles. The van der Waals surface area contributed by atoms with Crippen LogP contribution < -0.4 is 5.73 Å². The smallest absolute Gasteiger partial charge is 0.246 e. The summed E-state index contributed by atoms with van der Waals surface area (Å²) in [6.45, 7) is 6.44. The molecule has 0 saturated heterocycles. The van der Waals surface area contributed by atoms with Crippen molar-refractivity contribution in [2.24, 2.45) is 5.73 Å². The molecule has 0 radical (unpaired) electrons. The molecule has 0 saturated carbocycles. The Bertz CT molecular complexity index is 605. The molecular weight excluding hydrogens is 286 g/mol. The van der Waals surface area contributed by atoms with E-state index in [-0.39, 0.29) is 13.1 Å². The van der Waals surface area contributed by atoms with Crippen molar-refractivity contribution in [3.8, 4) is 0 Å². The topological polar surface area (TPSA) is 63.4 Å². The second-order valence-electron chi connectivity index (χ2n) is 3.94. The van der Waals surface area contributed by atoms with Crippen molar-refractivity contribution in [2.45, 2.75) is 11.4 Å². The van der Waals surface area contributed by atoms with Crippen molar-refractivity contribution in [1.82, 2.24) is 4.31 Å². The zero-order chi connectivity index (χ0) is 15.3. The van der Waals surface area contributed by atoms with Crippen LogP contribution in [0.25, 0.3) is 0 Å². The molecule has 1 rings (SSSR count). The number of hydrogen-bond donors (Lipinski definition) is 1. The second-order valence-corrected chi connectivity index (χ2v) is 5.85. The number of benzene rings is 1. The predicted octanol–water partition coefficient (Wildman–Crippen LogP) is 1.79. The van der Waals surface area contributed by atoms with Crippen LogP contribution in [0, 0.1) is 11.6 Å². The molecule has 4 nitrogen and oxygen atoms in total. The van der Waals surface area contributed by atoms with Gasteiger partial charge in [0.1, 0.15) is 10.7 Å². The molecule has 0 aliphatic rings. The van der Waals surface area contributed by atoms with E-state index in [1.54, 1.807) is 0 Å². The highest BCUT2D eigenvalue weighted by Gasteiger charge is 2.28. The molecule has 2 N–H and O–H groups in total. The van der Waals surface area contributed by atoms with E-state index in [0.29, 0.717) is 0 Å². The fourth-order valence-electron chi connectivity index (χ4n) is 1.66. The summed E-state index contributed by atoms with van der Waals surface area (Å²) in [5.74, 6) is -2.03. The highest BCUT2D eigenvalue weighted by Crippen LogP contribution is 2.23. The first-order valence-electron chi connectivity index (χ1n) is 5.79. The fraction of sp³-hybridized carbons (Fsp3) is 0.231. The van der Waals surface area contributed by atoms with Gasteiger partial charge in [-0.2, -0.15) is 4.31 Å². The maximum Gasteiger partial charge on any atom is 0.246 e. The molecule has 0 fully saturated rings. The Hall–Kier alpha value is -1.57. The summed E-state index contributed by atoms with van der Waals surface area (Å²) in [7, 11) is -4.11. The molecule has 0 heterocycles. The van der Waals surface area contributed by atoms with Gasteiger partial charge >= 0.3 is 0 Å². The third kappa shape index (κ3) is 3.12. The van der Waals surface area contributed by atoms with Gasteiger partial charge in [-0.3, -0.25) is 0 Å². The molecule has 1 aromatic rings. The lowest BCUT2D eigenvalue weighted by atomic mass is 10.2. The number of sulfonamides is 1. The van der Waals surface area contributed by atoms with Gasteiger partial charge < -0.3 is 5.73 Å². The summed E-state index contributed by atoms with van der Waals surface area (Å²) < 4.78 is 53.1. The van der Waals surface area contributed by atoms with Gasteiger partial charge in [0.25, 0.3) is 0 Å². The molecule has 0 amide bonds. The first-order chi connectivity index (χ1) is 9.39. The highest BCUT2D eigenvalue weighted by molar-refractivity contribution is 7.89. The number of rotatable bonds is 7. The third-order valence-electron chi connectivity index (χ3n) is 2.64. The van der Waals surface area contributed by atoms with Crippen LogP contribution in [0.3, 0.4) is 0 Å². The third-order valence-corrected chi connectivity index (χ3v) is 4.49. The molecule has 20 heavy (non-hydrogen) atoms. The Morgan fingerprint density at radius 2 is 1.75 bits per heavy atom. The van der Waals surface area contributed by atoms with E-state index in [1.807, 2.05) is 0 Å². The SMILES string of the molecule is C=CCN(CC=C)S(=O)(=O)c1ccc(F)c(CN)c1F. The van der Waals surface area contributed by atoms with Gasteiger partial charge in [0.05, 0.1) is 0 Å². The molecule has 1 aromatic carbocycles. The fourth-order valence-corrected chi connectivity index (χ4v) is 3.13. The quantitative estimate of drug-likeness (QED) is 0.781. The average molecular weight is 302 g/mol. The van der Waals surface area contributed by atoms with Crippen molar-refractivity contribution >= 4 is 10.0 Å². The molecular formula is C13H16F2N2O2S. The Balaban J connectivity index is 3.41. The van der Waals surface area contributed by atoms with Crippen LogP contribution in [0.1, 0.15) is 5.56 Å². The number of nitrogens with zero attached hydrogens (tertiary/aromatic N) is 1. The van der Waals surface area contributed by atoms with Crippen LogP contribution in [0.2, 0.25) is 0 Å². The standard InChI is InChI=1S/C13H16F2N2O2S/c1-3-7-17(8-4-2)20(18,19)12-6-5-11(14)10(9-16)13(12)15/h3-6H,1-2,7-9,16H2. The average Bonchev–Trinajstić information content (AvgIpc) is 2.38. The minimum atomic E-state index is -4.11. The van der Waals surface area contributed by atoms with E-state index >= 15 is 0 Å². The Morgan fingerprint density at radius 3 is 2.20 bits per heavy atom. The van der Waals surface area contributed by atoms with Gasteiger partial charge in [0.15, 0.2) is 5.82 Å². The zero-order valence-electron chi connectivity index (χ0n) is 10.9. The number of nitrogens with two attached hydrogens (primary N) is 1. The van der Waals surface area contributed by atoms with Gasteiger partial charge in [-0.05, 0) is 12.1 Å². The van der Waals surface area contributed by atoms with Crippen LogP contribution in [0.15, 0.2) is 42.3 Å². The Kier molecular flexibility index (Phi) is 5.55. The van der Waals surface area contributed by atoms with Crippen molar-refractivity contribution in [3.63, 3.8) is 0 Å². The Labute approximate surface area is 117 Å². The van der Waals surface area contributed by atoms with Crippen molar-refractivity contribution in [3.05, 3.63) is 54.6 Å². The first kappa shape index (κ1) is 16.5. The normalized spacial score (nSPS) is 11.6. The van der Waals surface area contributed by atoms with Crippen LogP contribution in [0.4, 0.5) is 8.78 Å². The maximum absolute atomic E-state index is 14.1. The lowest BCUT2D eigenvalue weighted by Gasteiger charge is -2.20. The van der Waals surface area contributed by atoms with Gasteiger partial charge in [-0.25, -0.2) is 17.2 Å². The molecule has 0 unspecified atom stereocenters. The second kappa shape index (κ2) is 6.74. The molecule has 0 atom stereocenters. The van der Waals surface area contributed by atoms with Crippen LogP contribution >= 0.6 is 0 Å². The van der Waals surface area contributed by atoms with Crippen molar-refractivity contribution in [2.75, 3.05) is 13.1 Å². The predicted molar refractivity (Wildman–Crippen MR) is 73.4 cm³/mol. The van der Waals surface area contributed by atoms with E-state index in [9.17, 15) is 17.2 Å². The summed E-state index contributed by atoms with van der Waals surface area (Å²) >= 11 is 0. The molecule has 0 spiro atoms. The van der Waals surface area contributed by atoms with Gasteiger partial charge in [-0.1, -0.05) is 12.2 Å². The molecule has 110 valence electrons. The van der Waals surface area contributed by atoms with E-state index < -0.39 is 38.7 Å². The van der Waals surface area contributed by atoms with Gasteiger partial charge in [-0.15, -0.1) is 13.2 Å². The lowest BCUT2D eigenvalue weighted by Crippen LogP contribution is -2.32. The monoisotopic (exact) mass is 302 g/mol. The summed E-state index contributed by atoms with van der Waals surface area (Å²) in [6, 6.07) is 1.77. The van der Waals surface area contributed by atoms with E-state index in [1.165, 1.54) is 12.2 Å². The number of hydrogen-bond acceptors (Lipinski definition) is 3. The highest BCUT2D eigenvalue weighted by atomic mass is 32.2. The molecule has 0 bridgehead atoms. The first-order valence-corrected chi connectivity index (χ1v) is 7.23. The molecule has 0 aromatic heterocycles. The van der Waals surface area contributed by atoms with Crippen molar-refractivity contribution < 1.29 is 17.2 Å². The van der Waals surface area contributed by atoms with Crippen molar-refractivity contribution in [1.29, 1.82) is 0 Å². The van der Waals surface area contributed by atoms with E-state index in [4.69, 9.17) is 5.73 Å². The zero-order valence-corrected chi connectivity index (χ0v) is 11.7. The van der Waals surface area contributed by atoms with E-state index in [2.05, 4.69) is 13.2 Å². The summed E-state index contributed by atoms with van der Waals surface area (Å²) in [5, 5.41) is 0. The summed E-state index contributed by atoms with van der Waals surface area (Å²) in [4.78, 5) is -0.608. The van der Waals surface area contributed by atoms with E-state index in [0.717, 1.165) is 16.4 Å². The summed E-state index contributed by atoms with van der Waals surface area (Å²) in [5.41, 5.74) is 4.78. The molecule has 7 heteroatoms. The lowest BCUT2D eigenvalue weighted by molar-refractivity contribution is 0.463. The van der Waals surface area contributed by atoms with Crippen LogP contribution in [0.5, 0.6) is 0 Å².